The van der Waals surface area contributed by atoms with Crippen LogP contribution < -0.4 is 0 Å². The summed E-state index contributed by atoms with van der Waals surface area (Å²) in [6.45, 7) is 2.10. The molecule has 4 nitrogen and oxygen atoms in total. The Bertz CT molecular complexity index is 210. The van der Waals surface area contributed by atoms with E-state index in [1.54, 1.807) is 0 Å². The predicted molar refractivity (Wildman–Crippen MR) is 37.6 cm³/mol. The Morgan fingerprint density at radius 1 is 1.45 bits per heavy atom. The van der Waals surface area contributed by atoms with Crippen LogP contribution in [0, 0.1) is 0 Å². The predicted octanol–water partition coefficient (Wildman–Crippen LogP) is 1.14. The van der Waals surface area contributed by atoms with Crippen molar-refractivity contribution in [1.82, 2.24) is 20.4 Å². The summed E-state index contributed by atoms with van der Waals surface area (Å²) in [5.41, 5.74) is 0. The normalized spacial score (nSPS) is 10.4. The summed E-state index contributed by atoms with van der Waals surface area (Å²) in [6.07, 6.45) is 3.78. The standard InChI is InChI=1S/C6H11FN4/c1-2-3-4-5-6-8-9-10-11(6)7/h2-5H2,1H3. The fraction of sp³-hybridized carbons (Fsp3) is 0.833. The van der Waals surface area contributed by atoms with Gasteiger partial charge in [0.2, 0.25) is 0 Å². The third-order valence-corrected chi connectivity index (χ3v) is 1.50. The van der Waals surface area contributed by atoms with Crippen LogP contribution in [0.1, 0.15) is 32.0 Å². The van der Waals surface area contributed by atoms with Gasteiger partial charge in [-0.3, -0.25) is 0 Å². The van der Waals surface area contributed by atoms with Crippen LogP contribution in [0.3, 0.4) is 0 Å². The van der Waals surface area contributed by atoms with Crippen LogP contribution >= 0.6 is 0 Å². The summed E-state index contributed by atoms with van der Waals surface area (Å²) < 4.78 is 12.5. The summed E-state index contributed by atoms with van der Waals surface area (Å²) in [5, 5.41) is 9.79. The molecule has 0 unspecified atom stereocenters. The van der Waals surface area contributed by atoms with Gasteiger partial charge in [-0.05, 0) is 16.8 Å². The highest BCUT2D eigenvalue weighted by Crippen LogP contribution is 2.01. The van der Waals surface area contributed by atoms with Gasteiger partial charge >= 0.3 is 0 Å². The molecule has 0 aliphatic carbocycles. The lowest BCUT2D eigenvalue weighted by Crippen LogP contribution is -1.95. The van der Waals surface area contributed by atoms with Gasteiger partial charge in [-0.15, -0.1) is 5.10 Å². The lowest BCUT2D eigenvalue weighted by molar-refractivity contribution is 0.291. The molecular weight excluding hydrogens is 147 g/mol. The number of aryl methyl sites for hydroxylation is 1. The molecule has 62 valence electrons. The van der Waals surface area contributed by atoms with E-state index in [4.69, 9.17) is 0 Å². The molecule has 0 fully saturated rings. The topological polar surface area (TPSA) is 43.6 Å². The molecule has 1 rings (SSSR count). The first-order valence-electron chi connectivity index (χ1n) is 3.78. The van der Waals surface area contributed by atoms with Crippen molar-refractivity contribution in [2.24, 2.45) is 0 Å². The largest absolute Gasteiger partial charge is 0.186 e. The fourth-order valence-corrected chi connectivity index (χ4v) is 0.871. The van der Waals surface area contributed by atoms with Crippen LogP contribution in [0.2, 0.25) is 0 Å². The summed E-state index contributed by atoms with van der Waals surface area (Å²) in [7, 11) is 0. The second-order valence-electron chi connectivity index (χ2n) is 2.41. The van der Waals surface area contributed by atoms with Gasteiger partial charge in [0.05, 0.1) is 0 Å². The monoisotopic (exact) mass is 158 g/mol. The molecule has 0 aliphatic heterocycles. The first kappa shape index (κ1) is 8.10. The van der Waals surface area contributed by atoms with Crippen LogP contribution in [0.5, 0.6) is 0 Å². The molecule has 0 saturated carbocycles. The molecule has 0 N–H and O–H groups in total. The smallest absolute Gasteiger partial charge is 0.111 e. The van der Waals surface area contributed by atoms with Gasteiger partial charge in [0.1, 0.15) is 0 Å². The molecule has 0 aromatic carbocycles. The van der Waals surface area contributed by atoms with Crippen molar-refractivity contribution < 1.29 is 4.48 Å². The third-order valence-electron chi connectivity index (χ3n) is 1.50. The van der Waals surface area contributed by atoms with Gasteiger partial charge in [-0.1, -0.05) is 29.2 Å². The van der Waals surface area contributed by atoms with Crippen molar-refractivity contribution in [3.63, 3.8) is 0 Å². The van der Waals surface area contributed by atoms with Crippen molar-refractivity contribution in [3.8, 4) is 0 Å². The second-order valence-corrected chi connectivity index (χ2v) is 2.41. The Labute approximate surface area is 64.3 Å². The quantitative estimate of drug-likeness (QED) is 0.617. The van der Waals surface area contributed by atoms with Crippen LogP contribution in [0.4, 0.5) is 4.48 Å². The molecule has 1 heterocycles. The van der Waals surface area contributed by atoms with E-state index in [9.17, 15) is 4.48 Å². The Hall–Kier alpha value is -1.00. The van der Waals surface area contributed by atoms with Gasteiger partial charge in [0.25, 0.3) is 0 Å². The van der Waals surface area contributed by atoms with E-state index in [0.29, 0.717) is 12.2 Å². The number of hydrogen-bond acceptors (Lipinski definition) is 3. The zero-order valence-corrected chi connectivity index (χ0v) is 6.50. The van der Waals surface area contributed by atoms with Gasteiger partial charge in [-0.2, -0.15) is 0 Å². The number of hydrogen-bond donors (Lipinski definition) is 0. The molecule has 0 amide bonds. The van der Waals surface area contributed by atoms with Gasteiger partial charge in [0.15, 0.2) is 5.82 Å². The van der Waals surface area contributed by atoms with Gasteiger partial charge < -0.3 is 0 Å². The Morgan fingerprint density at radius 2 is 2.27 bits per heavy atom. The van der Waals surface area contributed by atoms with Crippen LogP contribution in [-0.2, 0) is 6.42 Å². The number of halogens is 1. The van der Waals surface area contributed by atoms with Gasteiger partial charge in [-0.25, -0.2) is 0 Å². The minimum absolute atomic E-state index is 0.232. The number of nitrogens with zero attached hydrogens (tertiary/aromatic N) is 4. The van der Waals surface area contributed by atoms with Crippen molar-refractivity contribution >= 4 is 0 Å². The highest BCUT2D eigenvalue weighted by atomic mass is 19.2. The highest BCUT2D eigenvalue weighted by Gasteiger charge is 2.02. The average Bonchev–Trinajstić information content (AvgIpc) is 2.37. The summed E-state index contributed by atoms with van der Waals surface area (Å²) in [6, 6.07) is 0. The van der Waals surface area contributed by atoms with Crippen LogP contribution in [-0.4, -0.2) is 20.4 Å². The molecule has 11 heavy (non-hydrogen) atoms. The van der Waals surface area contributed by atoms with Crippen LogP contribution in [0.25, 0.3) is 0 Å². The minimum atomic E-state index is 0.232. The Morgan fingerprint density at radius 3 is 2.82 bits per heavy atom. The first-order valence-corrected chi connectivity index (χ1v) is 3.78. The maximum Gasteiger partial charge on any atom is 0.186 e. The first-order chi connectivity index (χ1) is 5.34. The molecule has 1 aromatic rings. The molecule has 0 atom stereocenters. The maximum absolute atomic E-state index is 12.5. The van der Waals surface area contributed by atoms with E-state index in [2.05, 4.69) is 22.4 Å². The zero-order chi connectivity index (χ0) is 8.10. The van der Waals surface area contributed by atoms with Crippen molar-refractivity contribution in [1.29, 1.82) is 0 Å². The number of aromatic nitrogens is 4. The van der Waals surface area contributed by atoms with Crippen molar-refractivity contribution in [2.75, 3.05) is 0 Å². The minimum Gasteiger partial charge on any atom is -0.111 e. The highest BCUT2D eigenvalue weighted by molar-refractivity contribution is 4.77. The van der Waals surface area contributed by atoms with E-state index in [1.165, 1.54) is 0 Å². The Kier molecular flexibility index (Phi) is 2.95. The van der Waals surface area contributed by atoms with E-state index in [0.717, 1.165) is 19.3 Å². The molecular formula is C6H11FN4. The van der Waals surface area contributed by atoms with Crippen molar-refractivity contribution in [2.45, 2.75) is 32.6 Å². The molecule has 0 spiro atoms. The van der Waals surface area contributed by atoms with Crippen molar-refractivity contribution in [3.05, 3.63) is 5.82 Å². The number of rotatable bonds is 4. The summed E-state index contributed by atoms with van der Waals surface area (Å²) in [5.74, 6) is 0.318. The fourth-order valence-electron chi connectivity index (χ4n) is 0.871. The lowest BCUT2D eigenvalue weighted by atomic mass is 10.2. The maximum atomic E-state index is 12.5. The average molecular weight is 158 g/mol. The number of tetrazole rings is 1. The third kappa shape index (κ3) is 2.25. The summed E-state index contributed by atoms with van der Waals surface area (Å²) >= 11 is 0. The lowest BCUT2D eigenvalue weighted by Gasteiger charge is -1.93. The molecule has 5 heteroatoms. The van der Waals surface area contributed by atoms with E-state index < -0.39 is 0 Å². The van der Waals surface area contributed by atoms with E-state index in [1.807, 2.05) is 0 Å². The molecule has 1 aromatic heterocycles. The van der Waals surface area contributed by atoms with E-state index in [-0.39, 0.29) is 4.90 Å². The molecule has 0 bridgehead atoms. The van der Waals surface area contributed by atoms with E-state index >= 15 is 0 Å². The van der Waals surface area contributed by atoms with Gasteiger partial charge in [0, 0.05) is 6.42 Å². The Balaban J connectivity index is 2.32. The second kappa shape index (κ2) is 4.00. The summed E-state index contributed by atoms with van der Waals surface area (Å²) in [4.78, 5) is 0.232. The SMILES string of the molecule is CCCCCc1nnnn1F. The molecule has 0 aliphatic rings. The molecule has 0 saturated heterocycles. The zero-order valence-electron chi connectivity index (χ0n) is 6.50. The van der Waals surface area contributed by atoms with Crippen LogP contribution in [0.15, 0.2) is 0 Å². The number of unbranched alkanes of at least 4 members (excludes halogenated alkanes) is 2. The molecule has 0 radical (unpaired) electrons.